The van der Waals surface area contributed by atoms with Gasteiger partial charge in [0.1, 0.15) is 5.56 Å². The molecule has 0 heterocycles. The second-order valence-corrected chi connectivity index (χ2v) is 4.67. The van der Waals surface area contributed by atoms with E-state index >= 15 is 0 Å². The molecule has 1 nitrogen and oxygen atoms in total. The quantitative estimate of drug-likeness (QED) is 0.249. The third-order valence-electron chi connectivity index (χ3n) is 3.09. The monoisotopic (exact) mass is 335 g/mol. The van der Waals surface area contributed by atoms with E-state index in [0.717, 1.165) is 12.0 Å². The van der Waals surface area contributed by atoms with Crippen molar-refractivity contribution in [1.29, 1.82) is 0 Å². The van der Waals surface area contributed by atoms with E-state index in [2.05, 4.69) is 29.1 Å². The smallest absolute Gasteiger partial charge is 0.189 e. The first-order valence-corrected chi connectivity index (χ1v) is 6.95. The molecule has 2 aromatic rings. The van der Waals surface area contributed by atoms with Gasteiger partial charge in [0.25, 0.3) is 0 Å². The van der Waals surface area contributed by atoms with Crippen molar-refractivity contribution in [2.24, 2.45) is 4.99 Å². The van der Waals surface area contributed by atoms with E-state index in [9.17, 15) is 17.6 Å². The maximum absolute atomic E-state index is 13.8. The van der Waals surface area contributed by atoms with Gasteiger partial charge in [0.15, 0.2) is 29.0 Å². The largest absolute Gasteiger partial charge is 0.202 e. The van der Waals surface area contributed by atoms with Gasteiger partial charge in [-0.3, -0.25) is 0 Å². The third kappa shape index (κ3) is 3.48. The molecular formula is C17H9F4NS. The summed E-state index contributed by atoms with van der Waals surface area (Å²) < 4.78 is 55.1. The molecule has 0 fully saturated rings. The van der Waals surface area contributed by atoms with Gasteiger partial charge in [-0.15, -0.1) is 0 Å². The lowest BCUT2D eigenvalue weighted by Gasteiger charge is -2.04. The summed E-state index contributed by atoms with van der Waals surface area (Å²) in [4.78, 5) is 2.99. The van der Waals surface area contributed by atoms with E-state index in [0.29, 0.717) is 5.56 Å². The maximum Gasteiger partial charge on any atom is 0.189 e. The fourth-order valence-corrected chi connectivity index (χ4v) is 1.92. The number of benzene rings is 2. The molecule has 23 heavy (non-hydrogen) atoms. The van der Waals surface area contributed by atoms with Crippen LogP contribution in [-0.4, -0.2) is 5.16 Å². The number of nitrogens with zero attached hydrogens (tertiary/aromatic N) is 1. The number of thiocarbonyl (C=S) groups is 1. The predicted octanol–water partition coefficient (Wildman–Crippen LogP) is 4.94. The molecule has 2 rings (SSSR count). The zero-order valence-corrected chi connectivity index (χ0v) is 12.7. The molecule has 0 unspecified atom stereocenters. The molecule has 0 atom stereocenters. The lowest BCUT2D eigenvalue weighted by atomic mass is 10.1. The Bertz CT molecular complexity index is 828. The minimum absolute atomic E-state index is 0.461. The first-order chi connectivity index (χ1) is 11.0. The molecule has 2 aromatic carbocycles. The van der Waals surface area contributed by atoms with Crippen LogP contribution in [0.1, 0.15) is 23.6 Å². The van der Waals surface area contributed by atoms with Crippen molar-refractivity contribution in [3.05, 3.63) is 64.2 Å². The van der Waals surface area contributed by atoms with Crippen LogP contribution in [0.25, 0.3) is 0 Å². The van der Waals surface area contributed by atoms with E-state index in [1.54, 1.807) is 29.4 Å². The Morgan fingerprint density at radius 3 is 1.96 bits per heavy atom. The Morgan fingerprint density at radius 2 is 1.48 bits per heavy atom. The highest BCUT2D eigenvalue weighted by Crippen LogP contribution is 2.29. The van der Waals surface area contributed by atoms with Gasteiger partial charge >= 0.3 is 0 Å². The molecule has 0 aliphatic heterocycles. The summed E-state index contributed by atoms with van der Waals surface area (Å²) in [5, 5.41) is 1.67. The normalized spacial score (nSPS) is 9.78. The summed E-state index contributed by atoms with van der Waals surface area (Å²) in [7, 11) is 0. The van der Waals surface area contributed by atoms with Gasteiger partial charge in [-0.25, -0.2) is 17.6 Å². The molecular weight excluding hydrogens is 326 g/mol. The van der Waals surface area contributed by atoms with Gasteiger partial charge in [0.2, 0.25) is 0 Å². The summed E-state index contributed by atoms with van der Waals surface area (Å²) >= 11 is 4.19. The standard InChI is InChI=1S/C17H9F4NS/c1-2-10-3-5-11(6-4-10)7-8-12-13(18)15(20)17(22-9-23)16(21)14(12)19/h3-6H,2H2,1H3. The second kappa shape index (κ2) is 7.19. The van der Waals surface area contributed by atoms with Crippen LogP contribution in [0.3, 0.4) is 0 Å². The minimum Gasteiger partial charge on any atom is -0.202 e. The Labute approximate surface area is 135 Å². The number of aliphatic imine (C=N–C) groups is 1. The number of hydrogen-bond acceptors (Lipinski definition) is 2. The van der Waals surface area contributed by atoms with Crippen molar-refractivity contribution >= 4 is 23.1 Å². The van der Waals surface area contributed by atoms with Crippen LogP contribution >= 0.6 is 12.2 Å². The highest BCUT2D eigenvalue weighted by atomic mass is 32.1. The van der Waals surface area contributed by atoms with Crippen LogP contribution in [0.2, 0.25) is 0 Å². The summed E-state index contributed by atoms with van der Waals surface area (Å²) in [6, 6.07) is 6.91. The van der Waals surface area contributed by atoms with Crippen LogP contribution in [0.5, 0.6) is 0 Å². The molecule has 6 heteroatoms. The lowest BCUT2D eigenvalue weighted by Crippen LogP contribution is -2.00. The van der Waals surface area contributed by atoms with Crippen molar-refractivity contribution in [3.63, 3.8) is 0 Å². The SMILES string of the molecule is CCc1ccc(C#Cc2c(F)c(F)c(N=C=S)c(F)c2F)cc1. The average molecular weight is 335 g/mol. The second-order valence-electron chi connectivity index (χ2n) is 4.48. The van der Waals surface area contributed by atoms with Gasteiger partial charge in [0, 0.05) is 5.56 Å². The van der Waals surface area contributed by atoms with Gasteiger partial charge < -0.3 is 0 Å². The number of isothiocyanates is 1. The van der Waals surface area contributed by atoms with E-state index in [-0.39, 0.29) is 0 Å². The number of rotatable bonds is 2. The minimum atomic E-state index is -1.66. The topological polar surface area (TPSA) is 12.4 Å². The van der Waals surface area contributed by atoms with Crippen LogP contribution in [0, 0.1) is 35.1 Å². The number of aryl methyl sites for hydroxylation is 1. The van der Waals surface area contributed by atoms with Gasteiger partial charge in [-0.05, 0) is 36.3 Å². The van der Waals surface area contributed by atoms with Crippen LogP contribution in [-0.2, 0) is 6.42 Å². The molecule has 0 aliphatic carbocycles. The molecule has 0 aliphatic rings. The molecule has 0 radical (unpaired) electrons. The molecule has 0 saturated carbocycles. The van der Waals surface area contributed by atoms with E-state index in [4.69, 9.17) is 0 Å². The zero-order valence-electron chi connectivity index (χ0n) is 11.9. The predicted molar refractivity (Wildman–Crippen MR) is 82.8 cm³/mol. The fraction of sp³-hybridized carbons (Fsp3) is 0.118. The van der Waals surface area contributed by atoms with Gasteiger partial charge in [-0.1, -0.05) is 30.9 Å². The summed E-state index contributed by atoms with van der Waals surface area (Å²) in [5.74, 6) is -1.97. The zero-order chi connectivity index (χ0) is 17.0. The molecule has 0 spiro atoms. The summed E-state index contributed by atoms with van der Waals surface area (Å²) in [6.45, 7) is 1.97. The molecule has 0 bridgehead atoms. The first-order valence-electron chi connectivity index (χ1n) is 6.54. The van der Waals surface area contributed by atoms with Crippen LogP contribution < -0.4 is 0 Å². The Balaban J connectivity index is 2.53. The van der Waals surface area contributed by atoms with E-state index in [1.807, 2.05) is 6.92 Å². The van der Waals surface area contributed by atoms with Gasteiger partial charge in [-0.2, -0.15) is 4.99 Å². The van der Waals surface area contributed by atoms with Crippen molar-refractivity contribution in [1.82, 2.24) is 0 Å². The Kier molecular flexibility index (Phi) is 5.28. The van der Waals surface area contributed by atoms with E-state index < -0.39 is 34.5 Å². The summed E-state index contributed by atoms with van der Waals surface area (Å²) in [5.41, 5.74) is -0.633. The highest BCUT2D eigenvalue weighted by molar-refractivity contribution is 7.78. The Hall–Kier alpha value is -2.48. The first kappa shape index (κ1) is 16.9. The van der Waals surface area contributed by atoms with Crippen molar-refractivity contribution in [2.45, 2.75) is 13.3 Å². The van der Waals surface area contributed by atoms with Crippen LogP contribution in [0.4, 0.5) is 23.2 Å². The number of hydrogen-bond donors (Lipinski definition) is 0. The maximum atomic E-state index is 13.8. The molecule has 0 amide bonds. The fourth-order valence-electron chi connectivity index (χ4n) is 1.83. The third-order valence-corrected chi connectivity index (χ3v) is 3.18. The van der Waals surface area contributed by atoms with Crippen molar-refractivity contribution in [3.8, 4) is 11.8 Å². The molecule has 0 N–H and O–H groups in total. The molecule has 116 valence electrons. The van der Waals surface area contributed by atoms with Crippen molar-refractivity contribution in [2.75, 3.05) is 0 Å². The highest BCUT2D eigenvalue weighted by Gasteiger charge is 2.24. The molecule has 0 aromatic heterocycles. The average Bonchev–Trinajstić information content (AvgIpc) is 2.57. The van der Waals surface area contributed by atoms with Crippen molar-refractivity contribution < 1.29 is 17.6 Å². The molecule has 0 saturated heterocycles. The van der Waals surface area contributed by atoms with Gasteiger partial charge in [0.05, 0.1) is 5.16 Å². The summed E-state index contributed by atoms with van der Waals surface area (Å²) in [6.07, 6.45) is 0.829. The van der Waals surface area contributed by atoms with E-state index in [1.165, 1.54) is 0 Å². The van der Waals surface area contributed by atoms with Crippen LogP contribution in [0.15, 0.2) is 29.3 Å². The number of halogens is 4. The Morgan fingerprint density at radius 1 is 0.913 bits per heavy atom. The lowest BCUT2D eigenvalue weighted by molar-refractivity contribution is 0.454.